The lowest BCUT2D eigenvalue weighted by molar-refractivity contribution is 0.0740. The first-order valence-corrected chi connectivity index (χ1v) is 9.78. The highest BCUT2D eigenvalue weighted by atomic mass is 32.1. The molecule has 0 aliphatic carbocycles. The van der Waals surface area contributed by atoms with E-state index in [0.717, 1.165) is 58.8 Å². The van der Waals surface area contributed by atoms with Crippen LogP contribution in [0.4, 0.5) is 11.6 Å². The zero-order valence-electron chi connectivity index (χ0n) is 15.1. The standard InChI is InChI=1S/C20H21N5OS/c1-14-7-8-22-19(13-14)24-18-4-2-3-15(23-18)16-5-6-17(27-16)20(26)25-11-9-21-10-12-25/h2-8,13,21H,9-12H2,1H3,(H,22,23,24). The summed E-state index contributed by atoms with van der Waals surface area (Å²) in [6.07, 6.45) is 1.77. The van der Waals surface area contributed by atoms with Crippen LogP contribution in [0.1, 0.15) is 15.2 Å². The van der Waals surface area contributed by atoms with Gasteiger partial charge in [-0.15, -0.1) is 11.3 Å². The van der Waals surface area contributed by atoms with Crippen LogP contribution in [0.15, 0.2) is 48.7 Å². The molecule has 138 valence electrons. The lowest BCUT2D eigenvalue weighted by Gasteiger charge is -2.26. The average Bonchev–Trinajstić information content (AvgIpc) is 3.19. The molecule has 1 aliphatic heterocycles. The minimum atomic E-state index is 0.103. The Morgan fingerprint density at radius 2 is 2.00 bits per heavy atom. The Hall–Kier alpha value is -2.77. The molecule has 3 aromatic heterocycles. The van der Waals surface area contributed by atoms with E-state index in [1.807, 2.05) is 54.3 Å². The normalized spacial score (nSPS) is 14.2. The molecule has 0 saturated carbocycles. The third-order valence-electron chi connectivity index (χ3n) is 4.39. The molecule has 0 spiro atoms. The molecule has 1 amide bonds. The lowest BCUT2D eigenvalue weighted by Crippen LogP contribution is -2.46. The number of aryl methyl sites for hydroxylation is 1. The summed E-state index contributed by atoms with van der Waals surface area (Å²) in [7, 11) is 0. The Bertz CT molecular complexity index is 949. The topological polar surface area (TPSA) is 70.2 Å². The highest BCUT2D eigenvalue weighted by Gasteiger charge is 2.20. The van der Waals surface area contributed by atoms with E-state index in [4.69, 9.17) is 0 Å². The van der Waals surface area contributed by atoms with E-state index >= 15 is 0 Å². The van der Waals surface area contributed by atoms with Crippen LogP contribution in [0.3, 0.4) is 0 Å². The van der Waals surface area contributed by atoms with Gasteiger partial charge in [0.25, 0.3) is 5.91 Å². The van der Waals surface area contributed by atoms with Gasteiger partial charge in [0.15, 0.2) is 0 Å². The van der Waals surface area contributed by atoms with E-state index in [2.05, 4.69) is 20.6 Å². The quantitative estimate of drug-likeness (QED) is 0.728. The average molecular weight is 379 g/mol. The molecule has 1 saturated heterocycles. The fraction of sp³-hybridized carbons (Fsp3) is 0.250. The van der Waals surface area contributed by atoms with Crippen molar-refractivity contribution in [2.75, 3.05) is 31.5 Å². The molecule has 1 fully saturated rings. The van der Waals surface area contributed by atoms with Gasteiger partial charge in [0.05, 0.1) is 15.4 Å². The van der Waals surface area contributed by atoms with Gasteiger partial charge in [-0.05, 0) is 48.9 Å². The SMILES string of the molecule is Cc1ccnc(Nc2cccc(-c3ccc(C(=O)N4CCNCC4)s3)n2)c1. The van der Waals surface area contributed by atoms with Crippen LogP contribution < -0.4 is 10.6 Å². The predicted octanol–water partition coefficient (Wildman–Crippen LogP) is 3.30. The van der Waals surface area contributed by atoms with Crippen molar-refractivity contribution >= 4 is 28.9 Å². The summed E-state index contributed by atoms with van der Waals surface area (Å²) in [5.41, 5.74) is 1.98. The number of nitrogens with one attached hydrogen (secondary N) is 2. The van der Waals surface area contributed by atoms with Crippen molar-refractivity contribution < 1.29 is 4.79 Å². The van der Waals surface area contributed by atoms with Gasteiger partial charge in [-0.2, -0.15) is 0 Å². The van der Waals surface area contributed by atoms with E-state index in [1.165, 1.54) is 11.3 Å². The summed E-state index contributed by atoms with van der Waals surface area (Å²) in [4.78, 5) is 25.3. The van der Waals surface area contributed by atoms with Gasteiger partial charge in [0.2, 0.25) is 0 Å². The number of hydrogen-bond acceptors (Lipinski definition) is 6. The number of pyridine rings is 2. The summed E-state index contributed by atoms with van der Waals surface area (Å²) in [5.74, 6) is 1.60. The van der Waals surface area contributed by atoms with Crippen molar-refractivity contribution in [1.29, 1.82) is 0 Å². The molecule has 0 radical (unpaired) electrons. The Labute approximate surface area is 162 Å². The summed E-state index contributed by atoms with van der Waals surface area (Å²) < 4.78 is 0. The summed E-state index contributed by atoms with van der Waals surface area (Å²) >= 11 is 1.49. The van der Waals surface area contributed by atoms with Gasteiger partial charge in [-0.1, -0.05) is 6.07 Å². The fourth-order valence-electron chi connectivity index (χ4n) is 2.99. The Morgan fingerprint density at radius 1 is 1.15 bits per heavy atom. The van der Waals surface area contributed by atoms with E-state index < -0.39 is 0 Å². The molecule has 6 nitrogen and oxygen atoms in total. The van der Waals surface area contributed by atoms with Crippen molar-refractivity contribution in [2.45, 2.75) is 6.92 Å². The third-order valence-corrected chi connectivity index (χ3v) is 5.49. The van der Waals surface area contributed by atoms with Crippen LogP contribution in [0.25, 0.3) is 10.6 Å². The van der Waals surface area contributed by atoms with Crippen molar-refractivity contribution in [3.05, 3.63) is 59.1 Å². The van der Waals surface area contributed by atoms with Gasteiger partial charge < -0.3 is 15.5 Å². The molecule has 3 aromatic rings. The molecule has 27 heavy (non-hydrogen) atoms. The number of carbonyl (C=O) groups excluding carboxylic acids is 1. The van der Waals surface area contributed by atoms with E-state index in [-0.39, 0.29) is 5.91 Å². The minimum absolute atomic E-state index is 0.103. The van der Waals surface area contributed by atoms with Crippen molar-refractivity contribution in [1.82, 2.24) is 20.2 Å². The van der Waals surface area contributed by atoms with Gasteiger partial charge in [-0.3, -0.25) is 4.79 Å². The Morgan fingerprint density at radius 3 is 2.81 bits per heavy atom. The smallest absolute Gasteiger partial charge is 0.264 e. The second-order valence-electron chi connectivity index (χ2n) is 6.46. The van der Waals surface area contributed by atoms with Crippen LogP contribution in [0.5, 0.6) is 0 Å². The molecule has 0 atom stereocenters. The zero-order valence-corrected chi connectivity index (χ0v) is 15.9. The number of carbonyl (C=O) groups is 1. The maximum absolute atomic E-state index is 12.7. The highest BCUT2D eigenvalue weighted by Crippen LogP contribution is 2.29. The third kappa shape index (κ3) is 4.15. The fourth-order valence-corrected chi connectivity index (χ4v) is 3.94. The maximum atomic E-state index is 12.7. The molecule has 4 rings (SSSR count). The summed E-state index contributed by atoms with van der Waals surface area (Å²) in [6.45, 7) is 5.25. The molecule has 1 aliphatic rings. The molecular formula is C20H21N5OS. The van der Waals surface area contributed by atoms with Crippen LogP contribution in [0.2, 0.25) is 0 Å². The van der Waals surface area contributed by atoms with E-state index in [9.17, 15) is 4.79 Å². The van der Waals surface area contributed by atoms with E-state index in [0.29, 0.717) is 0 Å². The first-order chi connectivity index (χ1) is 13.2. The maximum Gasteiger partial charge on any atom is 0.264 e. The second-order valence-corrected chi connectivity index (χ2v) is 7.54. The molecule has 0 unspecified atom stereocenters. The number of anilines is 2. The van der Waals surface area contributed by atoms with Gasteiger partial charge in [0, 0.05) is 32.4 Å². The number of thiophene rings is 1. The largest absolute Gasteiger partial charge is 0.335 e. The molecule has 4 heterocycles. The van der Waals surface area contributed by atoms with E-state index in [1.54, 1.807) is 6.20 Å². The minimum Gasteiger partial charge on any atom is -0.335 e. The first kappa shape index (κ1) is 17.6. The summed E-state index contributed by atoms with van der Waals surface area (Å²) in [5, 5.41) is 6.51. The number of hydrogen-bond donors (Lipinski definition) is 2. The number of piperazine rings is 1. The van der Waals surface area contributed by atoms with Crippen molar-refractivity contribution in [3.63, 3.8) is 0 Å². The van der Waals surface area contributed by atoms with Gasteiger partial charge in [0.1, 0.15) is 11.6 Å². The number of aromatic nitrogens is 2. The first-order valence-electron chi connectivity index (χ1n) is 8.96. The second kappa shape index (κ2) is 7.85. The molecule has 0 bridgehead atoms. The monoisotopic (exact) mass is 379 g/mol. The van der Waals surface area contributed by atoms with Crippen LogP contribution in [-0.2, 0) is 0 Å². The van der Waals surface area contributed by atoms with Crippen molar-refractivity contribution in [2.24, 2.45) is 0 Å². The number of amides is 1. The molecular weight excluding hydrogens is 358 g/mol. The number of nitrogens with zero attached hydrogens (tertiary/aromatic N) is 3. The van der Waals surface area contributed by atoms with Crippen LogP contribution in [0, 0.1) is 6.92 Å². The molecule has 7 heteroatoms. The molecule has 0 aromatic carbocycles. The van der Waals surface area contributed by atoms with Gasteiger partial charge in [-0.25, -0.2) is 9.97 Å². The number of rotatable bonds is 4. The van der Waals surface area contributed by atoms with Gasteiger partial charge >= 0.3 is 0 Å². The van der Waals surface area contributed by atoms with Crippen LogP contribution >= 0.6 is 11.3 Å². The predicted molar refractivity (Wildman–Crippen MR) is 109 cm³/mol. The van der Waals surface area contributed by atoms with Crippen molar-refractivity contribution in [3.8, 4) is 10.6 Å². The van der Waals surface area contributed by atoms with Crippen LogP contribution in [-0.4, -0.2) is 47.0 Å². The Balaban J connectivity index is 1.52. The Kier molecular flexibility index (Phi) is 5.13. The lowest BCUT2D eigenvalue weighted by atomic mass is 10.3. The molecule has 2 N–H and O–H groups in total. The highest BCUT2D eigenvalue weighted by molar-refractivity contribution is 7.17. The zero-order chi connectivity index (χ0) is 18.6. The summed E-state index contributed by atoms with van der Waals surface area (Å²) in [6, 6.07) is 13.6.